The molecular weight excluding hydrogens is 382 g/mol. The molecule has 0 radical (unpaired) electrons. The maximum atomic E-state index is 12.8. The van der Waals surface area contributed by atoms with E-state index in [-0.39, 0.29) is 36.3 Å². The van der Waals surface area contributed by atoms with Crippen molar-refractivity contribution >= 4 is 21.8 Å². The zero-order valence-corrected chi connectivity index (χ0v) is 17.8. The molecular formula is C20H29NO6S. The second-order valence-corrected chi connectivity index (χ2v) is 9.80. The standard InChI is InChI=1S/C20H29NO6S/c1-5-26-16-6-8-17(9-7-16)28(24,25)21-12-10-15(11-13-21)19(23)27-14-18(22)20(2,3)4/h6-9,15H,5,10-14H2,1-4H3. The fourth-order valence-electron chi connectivity index (χ4n) is 2.83. The van der Waals surface area contributed by atoms with Gasteiger partial charge in [-0.1, -0.05) is 20.8 Å². The molecule has 1 aliphatic rings. The molecule has 1 aromatic carbocycles. The number of hydrogen-bond donors (Lipinski definition) is 0. The van der Waals surface area contributed by atoms with Crippen LogP contribution in [0.2, 0.25) is 0 Å². The van der Waals surface area contributed by atoms with Crippen LogP contribution in [0.1, 0.15) is 40.5 Å². The lowest BCUT2D eigenvalue weighted by Crippen LogP contribution is -2.41. The number of Topliss-reactive ketones (excluding diaryl/α,β-unsaturated/α-hetero) is 1. The number of carbonyl (C=O) groups is 2. The van der Waals surface area contributed by atoms with Crippen LogP contribution in [0.25, 0.3) is 0 Å². The number of benzene rings is 1. The Balaban J connectivity index is 1.91. The van der Waals surface area contributed by atoms with Gasteiger partial charge in [-0.25, -0.2) is 8.42 Å². The number of sulfonamides is 1. The fraction of sp³-hybridized carbons (Fsp3) is 0.600. The first kappa shape index (κ1) is 22.4. The van der Waals surface area contributed by atoms with Crippen molar-refractivity contribution in [3.05, 3.63) is 24.3 Å². The number of ketones is 1. The summed E-state index contributed by atoms with van der Waals surface area (Å²) in [6.45, 7) is 7.92. The quantitative estimate of drug-likeness (QED) is 0.641. The summed E-state index contributed by atoms with van der Waals surface area (Å²) in [5, 5.41) is 0. The lowest BCUT2D eigenvalue weighted by atomic mass is 9.91. The predicted octanol–water partition coefficient (Wildman–Crippen LogP) is 2.64. The van der Waals surface area contributed by atoms with E-state index < -0.39 is 21.4 Å². The number of piperidine rings is 1. The van der Waals surface area contributed by atoms with Gasteiger partial charge in [-0.3, -0.25) is 9.59 Å². The van der Waals surface area contributed by atoms with E-state index in [4.69, 9.17) is 9.47 Å². The van der Waals surface area contributed by atoms with Gasteiger partial charge in [0.15, 0.2) is 12.4 Å². The molecule has 0 atom stereocenters. The molecule has 2 rings (SSSR count). The smallest absolute Gasteiger partial charge is 0.309 e. The molecule has 1 aromatic rings. The van der Waals surface area contributed by atoms with Crippen LogP contribution in [0.3, 0.4) is 0 Å². The van der Waals surface area contributed by atoms with Gasteiger partial charge in [0.2, 0.25) is 10.0 Å². The molecule has 1 fully saturated rings. The van der Waals surface area contributed by atoms with Crippen molar-refractivity contribution in [3.8, 4) is 5.75 Å². The van der Waals surface area contributed by atoms with Crippen molar-refractivity contribution in [3.63, 3.8) is 0 Å². The molecule has 1 heterocycles. The Hall–Kier alpha value is -1.93. The number of hydrogen-bond acceptors (Lipinski definition) is 6. The van der Waals surface area contributed by atoms with Gasteiger partial charge in [-0.15, -0.1) is 0 Å². The highest BCUT2D eigenvalue weighted by molar-refractivity contribution is 7.89. The highest BCUT2D eigenvalue weighted by Gasteiger charge is 2.33. The molecule has 0 spiro atoms. The van der Waals surface area contributed by atoms with Crippen LogP contribution in [-0.4, -0.2) is 50.8 Å². The molecule has 28 heavy (non-hydrogen) atoms. The molecule has 7 nitrogen and oxygen atoms in total. The van der Waals surface area contributed by atoms with E-state index in [0.717, 1.165) is 0 Å². The average molecular weight is 412 g/mol. The van der Waals surface area contributed by atoms with Gasteiger partial charge in [0.25, 0.3) is 0 Å². The molecule has 0 N–H and O–H groups in total. The number of ether oxygens (including phenoxy) is 2. The predicted molar refractivity (Wildman–Crippen MR) is 105 cm³/mol. The summed E-state index contributed by atoms with van der Waals surface area (Å²) in [6.07, 6.45) is 0.748. The first-order chi connectivity index (χ1) is 13.1. The molecule has 1 saturated heterocycles. The van der Waals surface area contributed by atoms with Gasteiger partial charge in [0.05, 0.1) is 17.4 Å². The topological polar surface area (TPSA) is 90.0 Å². The number of carbonyl (C=O) groups excluding carboxylic acids is 2. The van der Waals surface area contributed by atoms with Crippen LogP contribution in [-0.2, 0) is 24.3 Å². The van der Waals surface area contributed by atoms with Gasteiger partial charge in [-0.05, 0) is 44.0 Å². The minimum Gasteiger partial charge on any atom is -0.494 e. The Morgan fingerprint density at radius 3 is 2.18 bits per heavy atom. The Labute approximate surface area is 167 Å². The summed E-state index contributed by atoms with van der Waals surface area (Å²) in [6, 6.07) is 6.32. The minimum absolute atomic E-state index is 0.142. The van der Waals surface area contributed by atoms with Gasteiger partial charge in [0, 0.05) is 18.5 Å². The minimum atomic E-state index is -3.62. The van der Waals surface area contributed by atoms with Crippen molar-refractivity contribution in [1.29, 1.82) is 0 Å². The lowest BCUT2D eigenvalue weighted by molar-refractivity contribution is -0.154. The first-order valence-corrected chi connectivity index (χ1v) is 10.9. The summed E-state index contributed by atoms with van der Waals surface area (Å²) in [7, 11) is -3.62. The monoisotopic (exact) mass is 411 g/mol. The second-order valence-electron chi connectivity index (χ2n) is 7.86. The summed E-state index contributed by atoms with van der Waals surface area (Å²) < 4.78 is 37.4. The van der Waals surface area contributed by atoms with E-state index >= 15 is 0 Å². The third kappa shape index (κ3) is 5.54. The Morgan fingerprint density at radius 1 is 1.11 bits per heavy atom. The number of rotatable bonds is 7. The molecule has 1 aliphatic heterocycles. The van der Waals surface area contributed by atoms with Crippen molar-refractivity contribution in [2.45, 2.75) is 45.4 Å². The van der Waals surface area contributed by atoms with Crippen LogP contribution in [0, 0.1) is 11.3 Å². The van der Waals surface area contributed by atoms with E-state index in [1.807, 2.05) is 6.92 Å². The first-order valence-electron chi connectivity index (χ1n) is 9.48. The number of esters is 1. The van der Waals surface area contributed by atoms with Crippen molar-refractivity contribution in [2.24, 2.45) is 11.3 Å². The van der Waals surface area contributed by atoms with Gasteiger partial charge >= 0.3 is 5.97 Å². The van der Waals surface area contributed by atoms with Crippen molar-refractivity contribution in [2.75, 3.05) is 26.3 Å². The fourth-order valence-corrected chi connectivity index (χ4v) is 4.30. The third-order valence-electron chi connectivity index (χ3n) is 4.74. The maximum Gasteiger partial charge on any atom is 0.309 e. The molecule has 0 aromatic heterocycles. The summed E-state index contributed by atoms with van der Waals surface area (Å²) in [5.41, 5.74) is -0.560. The molecule has 8 heteroatoms. The molecule has 0 saturated carbocycles. The van der Waals surface area contributed by atoms with Crippen LogP contribution in [0.4, 0.5) is 0 Å². The SMILES string of the molecule is CCOc1ccc(S(=O)(=O)N2CCC(C(=O)OCC(=O)C(C)(C)C)CC2)cc1. The molecule has 0 amide bonds. The van der Waals surface area contributed by atoms with Gasteiger partial charge in [-0.2, -0.15) is 4.31 Å². The molecule has 0 bridgehead atoms. The average Bonchev–Trinajstić information content (AvgIpc) is 2.66. The molecule has 0 unspecified atom stereocenters. The Bertz CT molecular complexity index is 787. The van der Waals surface area contributed by atoms with E-state index in [9.17, 15) is 18.0 Å². The van der Waals surface area contributed by atoms with E-state index in [0.29, 0.717) is 25.2 Å². The molecule has 0 aliphatic carbocycles. The Kier molecular flexibility index (Phi) is 7.22. The van der Waals surface area contributed by atoms with E-state index in [1.165, 1.54) is 16.4 Å². The van der Waals surface area contributed by atoms with Crippen LogP contribution in [0.15, 0.2) is 29.2 Å². The van der Waals surface area contributed by atoms with Crippen LogP contribution in [0.5, 0.6) is 5.75 Å². The highest BCUT2D eigenvalue weighted by atomic mass is 32.2. The summed E-state index contributed by atoms with van der Waals surface area (Å²) in [5.74, 6) is -0.348. The third-order valence-corrected chi connectivity index (χ3v) is 6.65. The van der Waals surface area contributed by atoms with Gasteiger partial charge < -0.3 is 9.47 Å². The van der Waals surface area contributed by atoms with Gasteiger partial charge in [0.1, 0.15) is 5.75 Å². The van der Waals surface area contributed by atoms with E-state index in [2.05, 4.69) is 0 Å². The largest absolute Gasteiger partial charge is 0.494 e. The van der Waals surface area contributed by atoms with Crippen LogP contribution < -0.4 is 4.74 Å². The van der Waals surface area contributed by atoms with Crippen molar-refractivity contribution < 1.29 is 27.5 Å². The summed E-state index contributed by atoms with van der Waals surface area (Å²) in [4.78, 5) is 24.3. The van der Waals surface area contributed by atoms with Crippen LogP contribution >= 0.6 is 0 Å². The summed E-state index contributed by atoms with van der Waals surface area (Å²) >= 11 is 0. The Morgan fingerprint density at radius 2 is 1.68 bits per heavy atom. The van der Waals surface area contributed by atoms with E-state index in [1.54, 1.807) is 32.9 Å². The molecule has 156 valence electrons. The zero-order valence-electron chi connectivity index (χ0n) is 16.9. The van der Waals surface area contributed by atoms with Crippen molar-refractivity contribution in [1.82, 2.24) is 4.31 Å². The zero-order chi connectivity index (χ0) is 20.9. The second kappa shape index (κ2) is 9.05. The number of nitrogens with zero attached hydrogens (tertiary/aromatic N) is 1. The normalized spacial score (nSPS) is 16.6. The maximum absolute atomic E-state index is 12.8. The lowest BCUT2D eigenvalue weighted by Gasteiger charge is -2.30. The highest BCUT2D eigenvalue weighted by Crippen LogP contribution is 2.26.